The highest BCUT2D eigenvalue weighted by Crippen LogP contribution is 2.25. The number of ether oxygens (including phenoxy) is 2. The second-order valence-electron chi connectivity index (χ2n) is 4.51. The SMILES string of the molecule is CCCOc1ccc(Oc2ccc(C#N)c(C)c2)cc1. The molecule has 0 amide bonds. The van der Waals surface area contributed by atoms with Crippen LogP contribution in [0.5, 0.6) is 17.2 Å². The maximum atomic E-state index is 8.90. The Morgan fingerprint density at radius 3 is 2.25 bits per heavy atom. The van der Waals surface area contributed by atoms with Gasteiger partial charge in [-0.25, -0.2) is 0 Å². The molecule has 0 N–H and O–H groups in total. The summed E-state index contributed by atoms with van der Waals surface area (Å²) in [6.07, 6.45) is 0.989. The van der Waals surface area contributed by atoms with Crippen LogP contribution in [-0.4, -0.2) is 6.61 Å². The van der Waals surface area contributed by atoms with Crippen molar-refractivity contribution >= 4 is 0 Å². The summed E-state index contributed by atoms with van der Waals surface area (Å²) in [5, 5.41) is 8.90. The first-order valence-corrected chi connectivity index (χ1v) is 6.64. The van der Waals surface area contributed by atoms with E-state index in [1.165, 1.54) is 0 Å². The minimum atomic E-state index is 0.667. The van der Waals surface area contributed by atoms with Crippen molar-refractivity contribution in [3.63, 3.8) is 0 Å². The van der Waals surface area contributed by atoms with Gasteiger partial charge in [-0.2, -0.15) is 5.26 Å². The third kappa shape index (κ3) is 3.52. The summed E-state index contributed by atoms with van der Waals surface area (Å²) in [5.74, 6) is 2.32. The van der Waals surface area contributed by atoms with Crippen LogP contribution in [0.15, 0.2) is 42.5 Å². The van der Waals surface area contributed by atoms with Gasteiger partial charge in [0.25, 0.3) is 0 Å². The van der Waals surface area contributed by atoms with Crippen LogP contribution in [0, 0.1) is 18.3 Å². The number of benzene rings is 2. The Labute approximate surface area is 119 Å². The average Bonchev–Trinajstić information content (AvgIpc) is 2.47. The monoisotopic (exact) mass is 267 g/mol. The van der Waals surface area contributed by atoms with Crippen LogP contribution >= 0.6 is 0 Å². The van der Waals surface area contributed by atoms with E-state index < -0.39 is 0 Å². The molecule has 2 aromatic rings. The maximum Gasteiger partial charge on any atom is 0.127 e. The zero-order chi connectivity index (χ0) is 14.4. The Morgan fingerprint density at radius 1 is 1.00 bits per heavy atom. The zero-order valence-electron chi connectivity index (χ0n) is 11.7. The molecule has 0 bridgehead atoms. The fourth-order valence-corrected chi connectivity index (χ4v) is 1.78. The first-order valence-electron chi connectivity index (χ1n) is 6.64. The second-order valence-corrected chi connectivity index (χ2v) is 4.51. The van der Waals surface area contributed by atoms with E-state index in [1.54, 1.807) is 12.1 Å². The topological polar surface area (TPSA) is 42.2 Å². The number of nitrogens with zero attached hydrogens (tertiary/aromatic N) is 1. The molecule has 0 aliphatic heterocycles. The molecule has 0 fully saturated rings. The highest BCUT2D eigenvalue weighted by molar-refractivity contribution is 5.43. The van der Waals surface area contributed by atoms with E-state index >= 15 is 0 Å². The lowest BCUT2D eigenvalue weighted by Crippen LogP contribution is -1.94. The van der Waals surface area contributed by atoms with E-state index in [1.807, 2.05) is 37.3 Å². The Balaban J connectivity index is 2.06. The summed E-state index contributed by atoms with van der Waals surface area (Å²) < 4.78 is 11.3. The van der Waals surface area contributed by atoms with Crippen LogP contribution in [0.4, 0.5) is 0 Å². The highest BCUT2D eigenvalue weighted by atomic mass is 16.5. The van der Waals surface area contributed by atoms with Gasteiger partial charge in [-0.15, -0.1) is 0 Å². The Kier molecular flexibility index (Phi) is 4.62. The molecule has 20 heavy (non-hydrogen) atoms. The van der Waals surface area contributed by atoms with Crippen LogP contribution in [0.2, 0.25) is 0 Å². The molecule has 3 nitrogen and oxygen atoms in total. The smallest absolute Gasteiger partial charge is 0.127 e. The molecule has 0 aliphatic carbocycles. The Morgan fingerprint density at radius 2 is 1.65 bits per heavy atom. The van der Waals surface area contributed by atoms with E-state index in [4.69, 9.17) is 14.7 Å². The van der Waals surface area contributed by atoms with Crippen LogP contribution in [0.1, 0.15) is 24.5 Å². The molecule has 0 radical (unpaired) electrons. The van der Waals surface area contributed by atoms with Crippen molar-refractivity contribution in [2.45, 2.75) is 20.3 Å². The molecule has 0 saturated heterocycles. The minimum Gasteiger partial charge on any atom is -0.494 e. The summed E-state index contributed by atoms with van der Waals surface area (Å²) in [6.45, 7) is 4.69. The molecule has 3 heteroatoms. The first-order chi connectivity index (χ1) is 9.72. The summed E-state index contributed by atoms with van der Waals surface area (Å²) in [6, 6.07) is 15.1. The van der Waals surface area contributed by atoms with Gasteiger partial charge in [-0.1, -0.05) is 6.92 Å². The summed E-state index contributed by atoms with van der Waals surface area (Å²) >= 11 is 0. The van der Waals surface area contributed by atoms with Gasteiger partial charge < -0.3 is 9.47 Å². The van der Waals surface area contributed by atoms with Crippen LogP contribution < -0.4 is 9.47 Å². The molecule has 0 heterocycles. The number of nitriles is 1. The van der Waals surface area contributed by atoms with Gasteiger partial charge in [0, 0.05) is 0 Å². The van der Waals surface area contributed by atoms with Crippen molar-refractivity contribution in [1.29, 1.82) is 5.26 Å². The van der Waals surface area contributed by atoms with E-state index in [0.29, 0.717) is 5.56 Å². The predicted molar refractivity (Wildman–Crippen MR) is 78.2 cm³/mol. The fourth-order valence-electron chi connectivity index (χ4n) is 1.78. The van der Waals surface area contributed by atoms with E-state index in [0.717, 1.165) is 35.8 Å². The third-order valence-corrected chi connectivity index (χ3v) is 2.85. The molecule has 0 unspecified atom stereocenters. The molecular formula is C17H17NO2. The largest absolute Gasteiger partial charge is 0.494 e. The molecule has 0 saturated carbocycles. The van der Waals surface area contributed by atoms with Gasteiger partial charge in [0.05, 0.1) is 18.2 Å². The summed E-state index contributed by atoms with van der Waals surface area (Å²) in [7, 11) is 0. The molecule has 0 spiro atoms. The van der Waals surface area contributed by atoms with Gasteiger partial charge in [0.15, 0.2) is 0 Å². The van der Waals surface area contributed by atoms with Crippen LogP contribution in [0.3, 0.4) is 0 Å². The van der Waals surface area contributed by atoms with Crippen molar-refractivity contribution in [3.05, 3.63) is 53.6 Å². The van der Waals surface area contributed by atoms with Crippen LogP contribution in [0.25, 0.3) is 0 Å². The highest BCUT2D eigenvalue weighted by Gasteiger charge is 2.02. The molecule has 0 atom stereocenters. The molecule has 2 aromatic carbocycles. The lowest BCUT2D eigenvalue weighted by atomic mass is 10.1. The number of hydrogen-bond donors (Lipinski definition) is 0. The molecule has 2 rings (SSSR count). The molecular weight excluding hydrogens is 250 g/mol. The van der Waals surface area contributed by atoms with Gasteiger partial charge in [0.1, 0.15) is 17.2 Å². The van der Waals surface area contributed by atoms with Gasteiger partial charge >= 0.3 is 0 Å². The van der Waals surface area contributed by atoms with E-state index in [-0.39, 0.29) is 0 Å². The van der Waals surface area contributed by atoms with Gasteiger partial charge in [0.2, 0.25) is 0 Å². The van der Waals surface area contributed by atoms with Gasteiger partial charge in [-0.05, 0) is 61.4 Å². The quantitative estimate of drug-likeness (QED) is 0.803. The van der Waals surface area contributed by atoms with E-state index in [2.05, 4.69) is 13.0 Å². The maximum absolute atomic E-state index is 8.90. The number of aryl methyl sites for hydroxylation is 1. The fraction of sp³-hybridized carbons (Fsp3) is 0.235. The van der Waals surface area contributed by atoms with Crippen LogP contribution in [-0.2, 0) is 0 Å². The number of rotatable bonds is 5. The molecule has 102 valence electrons. The Hall–Kier alpha value is -2.47. The molecule has 0 aromatic heterocycles. The molecule has 0 aliphatic rings. The summed E-state index contributed by atoms with van der Waals surface area (Å²) in [5.41, 5.74) is 1.58. The van der Waals surface area contributed by atoms with Crippen molar-refractivity contribution in [1.82, 2.24) is 0 Å². The lowest BCUT2D eigenvalue weighted by molar-refractivity contribution is 0.317. The zero-order valence-corrected chi connectivity index (χ0v) is 11.7. The second kappa shape index (κ2) is 6.63. The lowest BCUT2D eigenvalue weighted by Gasteiger charge is -2.08. The van der Waals surface area contributed by atoms with Crippen molar-refractivity contribution in [2.75, 3.05) is 6.61 Å². The standard InChI is InChI=1S/C17H17NO2/c1-3-10-19-15-6-8-16(9-7-15)20-17-5-4-14(12-18)13(2)11-17/h4-9,11H,3,10H2,1-2H3. The average molecular weight is 267 g/mol. The minimum absolute atomic E-state index is 0.667. The van der Waals surface area contributed by atoms with Gasteiger partial charge in [-0.3, -0.25) is 0 Å². The van der Waals surface area contributed by atoms with Crippen molar-refractivity contribution in [2.24, 2.45) is 0 Å². The Bertz CT molecular complexity index is 612. The predicted octanol–water partition coefficient (Wildman–Crippen LogP) is 4.45. The van der Waals surface area contributed by atoms with E-state index in [9.17, 15) is 0 Å². The first kappa shape index (κ1) is 14.0. The normalized spacial score (nSPS) is 9.85. The van der Waals surface area contributed by atoms with Crippen molar-refractivity contribution < 1.29 is 9.47 Å². The van der Waals surface area contributed by atoms with Crippen molar-refractivity contribution in [3.8, 4) is 23.3 Å². The number of hydrogen-bond acceptors (Lipinski definition) is 3. The summed E-state index contributed by atoms with van der Waals surface area (Å²) in [4.78, 5) is 0. The third-order valence-electron chi connectivity index (χ3n) is 2.85.